The molecule has 14 heavy (non-hydrogen) atoms. The Balaban J connectivity index is 4.34. The predicted octanol–water partition coefficient (Wildman–Crippen LogP) is 3.78. The third kappa shape index (κ3) is 4.80. The molecule has 1 N–H and O–H groups in total. The van der Waals surface area contributed by atoms with Gasteiger partial charge in [-0.1, -0.05) is 46.8 Å². The van der Waals surface area contributed by atoms with E-state index in [1.54, 1.807) is 13.8 Å². The molecule has 0 aromatic carbocycles. The largest absolute Gasteiger partial charge is 0.386 e. The molecule has 0 aliphatic carbocycles. The molecule has 0 amide bonds. The number of hydrogen-bond acceptors (Lipinski definition) is 1. The van der Waals surface area contributed by atoms with Crippen LogP contribution in [0, 0.1) is 10.8 Å². The normalized spacial score (nSPS) is 15.1. The van der Waals surface area contributed by atoms with Crippen molar-refractivity contribution in [3.8, 4) is 0 Å². The third-order valence-electron chi connectivity index (χ3n) is 3.18. The van der Waals surface area contributed by atoms with Gasteiger partial charge in [0.1, 0.15) is 0 Å². The molecule has 0 aromatic heterocycles. The van der Waals surface area contributed by atoms with Gasteiger partial charge in [0.2, 0.25) is 0 Å². The van der Waals surface area contributed by atoms with Gasteiger partial charge >= 0.3 is 0 Å². The van der Waals surface area contributed by atoms with Crippen LogP contribution in [0.25, 0.3) is 0 Å². The van der Waals surface area contributed by atoms with Crippen molar-refractivity contribution < 1.29 is 5.11 Å². The molecule has 0 heterocycles. The van der Waals surface area contributed by atoms with Crippen LogP contribution in [0.2, 0.25) is 0 Å². The van der Waals surface area contributed by atoms with Crippen LogP contribution in [-0.2, 0) is 0 Å². The number of aliphatic hydroxyl groups is 1. The molecule has 0 unspecified atom stereocenters. The Morgan fingerprint density at radius 1 is 0.929 bits per heavy atom. The van der Waals surface area contributed by atoms with E-state index >= 15 is 0 Å². The second-order valence-electron chi connectivity index (χ2n) is 6.39. The summed E-state index contributed by atoms with van der Waals surface area (Å²) < 4.78 is 0. The molecule has 0 spiro atoms. The maximum absolute atomic E-state index is 9.53. The first-order valence-electron chi connectivity index (χ1n) is 5.36. The summed E-state index contributed by atoms with van der Waals surface area (Å²) in [5.74, 6) is 0. The Labute approximate surface area is 89.2 Å². The van der Waals surface area contributed by atoms with Crippen molar-refractivity contribution in [2.24, 2.45) is 10.8 Å². The monoisotopic (exact) mass is 198 g/mol. The Bertz CT molecular complexity index is 198. The fourth-order valence-electron chi connectivity index (χ4n) is 0.948. The first-order chi connectivity index (χ1) is 5.96. The first-order valence-corrected chi connectivity index (χ1v) is 5.36. The van der Waals surface area contributed by atoms with E-state index in [9.17, 15) is 5.11 Å². The van der Waals surface area contributed by atoms with Gasteiger partial charge in [0.05, 0.1) is 5.60 Å². The van der Waals surface area contributed by atoms with Crippen LogP contribution >= 0.6 is 0 Å². The van der Waals surface area contributed by atoms with Gasteiger partial charge in [-0.25, -0.2) is 0 Å². The van der Waals surface area contributed by atoms with Crippen molar-refractivity contribution in [3.05, 3.63) is 12.2 Å². The molecule has 0 saturated carbocycles. The Kier molecular flexibility index (Phi) is 3.97. The average Bonchev–Trinajstić information content (AvgIpc) is 1.80. The molecular weight excluding hydrogens is 172 g/mol. The standard InChI is InChI=1S/C13H26O/c1-11(2,3)12(4,5)9-8-10-13(6,7)14/h8,10,14H,9H2,1-7H3/b10-8+. The molecule has 0 aromatic rings. The van der Waals surface area contributed by atoms with E-state index in [2.05, 4.69) is 40.7 Å². The maximum atomic E-state index is 9.53. The van der Waals surface area contributed by atoms with Gasteiger partial charge in [0.25, 0.3) is 0 Å². The molecule has 1 heteroatoms. The SMILES string of the molecule is CC(C)(O)/C=C/CC(C)(C)C(C)(C)C. The number of allylic oxidation sites excluding steroid dienone is 1. The molecule has 1 nitrogen and oxygen atoms in total. The van der Waals surface area contributed by atoms with E-state index in [1.165, 1.54) is 0 Å². The lowest BCUT2D eigenvalue weighted by molar-refractivity contribution is 0.125. The zero-order valence-electron chi connectivity index (χ0n) is 10.8. The fraction of sp³-hybridized carbons (Fsp3) is 0.846. The van der Waals surface area contributed by atoms with Crippen molar-refractivity contribution in [3.63, 3.8) is 0 Å². The van der Waals surface area contributed by atoms with Crippen molar-refractivity contribution in [2.75, 3.05) is 0 Å². The van der Waals surface area contributed by atoms with E-state index in [1.807, 2.05) is 6.08 Å². The van der Waals surface area contributed by atoms with Crippen molar-refractivity contribution >= 4 is 0 Å². The van der Waals surface area contributed by atoms with Crippen LogP contribution in [-0.4, -0.2) is 10.7 Å². The lowest BCUT2D eigenvalue weighted by Crippen LogP contribution is -2.29. The van der Waals surface area contributed by atoms with Gasteiger partial charge in [0, 0.05) is 0 Å². The summed E-state index contributed by atoms with van der Waals surface area (Å²) >= 11 is 0. The topological polar surface area (TPSA) is 20.2 Å². The summed E-state index contributed by atoms with van der Waals surface area (Å²) in [5, 5.41) is 9.53. The van der Waals surface area contributed by atoms with Crippen molar-refractivity contribution in [1.82, 2.24) is 0 Å². The summed E-state index contributed by atoms with van der Waals surface area (Å²) in [6, 6.07) is 0. The van der Waals surface area contributed by atoms with Crippen LogP contribution in [0.3, 0.4) is 0 Å². The molecule has 0 atom stereocenters. The van der Waals surface area contributed by atoms with Crippen LogP contribution < -0.4 is 0 Å². The van der Waals surface area contributed by atoms with E-state index in [0.29, 0.717) is 0 Å². The summed E-state index contributed by atoms with van der Waals surface area (Å²) in [6.45, 7) is 14.9. The van der Waals surface area contributed by atoms with E-state index in [-0.39, 0.29) is 10.8 Å². The second-order valence-corrected chi connectivity index (χ2v) is 6.39. The zero-order chi connectivity index (χ0) is 11.6. The molecule has 0 aliphatic heterocycles. The quantitative estimate of drug-likeness (QED) is 0.684. The lowest BCUT2D eigenvalue weighted by Gasteiger charge is -2.38. The average molecular weight is 198 g/mol. The third-order valence-corrected chi connectivity index (χ3v) is 3.18. The maximum Gasteiger partial charge on any atom is 0.0771 e. The molecule has 84 valence electrons. The molecule has 0 bridgehead atoms. The van der Waals surface area contributed by atoms with Crippen LogP contribution in [0.15, 0.2) is 12.2 Å². The van der Waals surface area contributed by atoms with E-state index < -0.39 is 5.60 Å². The van der Waals surface area contributed by atoms with Gasteiger partial charge in [-0.05, 0) is 31.1 Å². The molecule has 0 fully saturated rings. The van der Waals surface area contributed by atoms with E-state index in [4.69, 9.17) is 0 Å². The predicted molar refractivity (Wildman–Crippen MR) is 63.3 cm³/mol. The van der Waals surface area contributed by atoms with Gasteiger partial charge in [-0.3, -0.25) is 0 Å². The molecule has 0 radical (unpaired) electrons. The van der Waals surface area contributed by atoms with Crippen LogP contribution in [0.4, 0.5) is 0 Å². The Morgan fingerprint density at radius 3 is 1.64 bits per heavy atom. The highest BCUT2D eigenvalue weighted by Crippen LogP contribution is 2.40. The summed E-state index contributed by atoms with van der Waals surface area (Å²) in [6.07, 6.45) is 4.96. The van der Waals surface area contributed by atoms with Crippen molar-refractivity contribution in [2.45, 2.75) is 60.5 Å². The van der Waals surface area contributed by atoms with Gasteiger partial charge in [-0.15, -0.1) is 0 Å². The van der Waals surface area contributed by atoms with Crippen LogP contribution in [0.1, 0.15) is 54.9 Å². The highest BCUT2D eigenvalue weighted by molar-refractivity contribution is 4.99. The van der Waals surface area contributed by atoms with Gasteiger partial charge in [-0.2, -0.15) is 0 Å². The summed E-state index contributed by atoms with van der Waals surface area (Å²) in [7, 11) is 0. The highest BCUT2D eigenvalue weighted by Gasteiger charge is 2.31. The Morgan fingerprint density at radius 2 is 1.36 bits per heavy atom. The summed E-state index contributed by atoms with van der Waals surface area (Å²) in [4.78, 5) is 0. The smallest absolute Gasteiger partial charge is 0.0771 e. The highest BCUT2D eigenvalue weighted by atomic mass is 16.3. The second kappa shape index (κ2) is 4.06. The van der Waals surface area contributed by atoms with E-state index in [0.717, 1.165) is 6.42 Å². The first kappa shape index (κ1) is 13.7. The minimum Gasteiger partial charge on any atom is -0.386 e. The zero-order valence-corrected chi connectivity index (χ0v) is 10.8. The lowest BCUT2D eigenvalue weighted by atomic mass is 9.67. The van der Waals surface area contributed by atoms with Crippen LogP contribution in [0.5, 0.6) is 0 Å². The van der Waals surface area contributed by atoms with Gasteiger partial charge < -0.3 is 5.11 Å². The molecule has 0 aliphatic rings. The Hall–Kier alpha value is -0.300. The number of hydrogen-bond donors (Lipinski definition) is 1. The molecular formula is C13H26O. The van der Waals surface area contributed by atoms with Gasteiger partial charge in [0.15, 0.2) is 0 Å². The number of rotatable bonds is 3. The molecule has 0 rings (SSSR count). The minimum absolute atomic E-state index is 0.259. The molecule has 0 saturated heterocycles. The fourth-order valence-corrected chi connectivity index (χ4v) is 0.948. The summed E-state index contributed by atoms with van der Waals surface area (Å²) in [5.41, 5.74) is -0.139. The van der Waals surface area contributed by atoms with Crippen molar-refractivity contribution in [1.29, 1.82) is 0 Å². The minimum atomic E-state index is -0.687.